The van der Waals surface area contributed by atoms with E-state index in [-0.39, 0.29) is 25.2 Å². The van der Waals surface area contributed by atoms with E-state index in [4.69, 9.17) is 21.1 Å². The number of benzene rings is 1. The van der Waals surface area contributed by atoms with Crippen LogP contribution in [0.1, 0.15) is 36.2 Å². The Labute approximate surface area is 122 Å². The molecule has 0 spiro atoms. The van der Waals surface area contributed by atoms with Crippen molar-refractivity contribution < 1.29 is 19.1 Å². The molecule has 6 heteroatoms. The third kappa shape index (κ3) is 3.04. The number of carbonyl (C=O) groups excluding carboxylic acids is 2. The molecule has 0 fully saturated rings. The summed E-state index contributed by atoms with van der Waals surface area (Å²) in [6.45, 7) is 3.89. The zero-order valence-electron chi connectivity index (χ0n) is 11.4. The van der Waals surface area contributed by atoms with Crippen LogP contribution in [0.4, 0.5) is 0 Å². The summed E-state index contributed by atoms with van der Waals surface area (Å²) in [6, 6.07) is 3.29. The first kappa shape index (κ1) is 14.7. The van der Waals surface area contributed by atoms with Gasteiger partial charge < -0.3 is 14.8 Å². The molecule has 108 valence electrons. The van der Waals surface area contributed by atoms with E-state index in [0.717, 1.165) is 6.42 Å². The molecule has 0 aliphatic carbocycles. The summed E-state index contributed by atoms with van der Waals surface area (Å²) in [5.41, 5.74) is 0.922. The van der Waals surface area contributed by atoms with E-state index in [2.05, 4.69) is 5.32 Å². The number of ether oxygens (including phenoxy) is 2. The maximum Gasteiger partial charge on any atom is 0.342 e. The zero-order chi connectivity index (χ0) is 14.7. The smallest absolute Gasteiger partial charge is 0.342 e. The summed E-state index contributed by atoms with van der Waals surface area (Å²) in [4.78, 5) is 23.3. The van der Waals surface area contributed by atoms with Crippen molar-refractivity contribution in [1.29, 1.82) is 0 Å². The number of nitrogens with one attached hydrogen (secondary N) is 1. The van der Waals surface area contributed by atoms with Crippen molar-refractivity contribution >= 4 is 23.5 Å². The molecule has 0 saturated carbocycles. The molecule has 1 atom stereocenters. The highest BCUT2D eigenvalue weighted by molar-refractivity contribution is 6.32. The highest BCUT2D eigenvalue weighted by atomic mass is 35.5. The number of rotatable bonds is 5. The normalized spacial score (nSPS) is 14.4. The molecule has 0 saturated heterocycles. The fraction of sp³-hybridized carbons (Fsp3) is 0.429. The summed E-state index contributed by atoms with van der Waals surface area (Å²) in [5, 5.41) is 3.24. The van der Waals surface area contributed by atoms with E-state index in [1.807, 2.05) is 13.8 Å². The molecule has 1 aliphatic heterocycles. The second-order valence-electron chi connectivity index (χ2n) is 4.64. The van der Waals surface area contributed by atoms with Gasteiger partial charge in [0.15, 0.2) is 6.61 Å². The highest BCUT2D eigenvalue weighted by Crippen LogP contribution is 2.34. The molecule has 2 rings (SSSR count). The van der Waals surface area contributed by atoms with Crippen LogP contribution in [0.25, 0.3) is 0 Å². The molecular weight excluding hydrogens is 282 g/mol. The second-order valence-corrected chi connectivity index (χ2v) is 5.05. The molecular formula is C14H16ClNO4. The number of esters is 1. The molecule has 1 aromatic rings. The lowest BCUT2D eigenvalue weighted by molar-refractivity contribution is -0.123. The Morgan fingerprint density at radius 1 is 1.55 bits per heavy atom. The summed E-state index contributed by atoms with van der Waals surface area (Å²) in [5.74, 6) is -0.375. The Balaban J connectivity index is 2.06. The topological polar surface area (TPSA) is 64.6 Å². The lowest BCUT2D eigenvalue weighted by atomic mass is 10.1. The van der Waals surface area contributed by atoms with Gasteiger partial charge in [-0.15, -0.1) is 0 Å². The van der Waals surface area contributed by atoms with E-state index in [0.29, 0.717) is 21.9 Å². The van der Waals surface area contributed by atoms with Crippen molar-refractivity contribution in [3.8, 4) is 5.75 Å². The first-order chi connectivity index (χ1) is 9.52. The third-order valence-corrected chi connectivity index (χ3v) is 3.50. The zero-order valence-corrected chi connectivity index (χ0v) is 12.1. The molecule has 1 heterocycles. The fourth-order valence-corrected chi connectivity index (χ4v) is 2.07. The minimum atomic E-state index is -0.472. The standard InChI is InChI=1S/C14H16ClNO4/c1-3-8(2)16-12(17)7-19-11-5-4-10(15)9-6-20-14(18)13(9)11/h4-5,8H,3,6-7H2,1-2H3,(H,16,17)/t8-/m1/s1. The molecule has 1 aromatic carbocycles. The summed E-state index contributed by atoms with van der Waals surface area (Å²) in [7, 11) is 0. The number of amides is 1. The van der Waals surface area contributed by atoms with Gasteiger partial charge in [-0.05, 0) is 25.5 Å². The van der Waals surface area contributed by atoms with Gasteiger partial charge in [0.25, 0.3) is 5.91 Å². The van der Waals surface area contributed by atoms with Gasteiger partial charge in [-0.3, -0.25) is 4.79 Å². The van der Waals surface area contributed by atoms with Gasteiger partial charge in [0.1, 0.15) is 17.9 Å². The molecule has 5 nitrogen and oxygen atoms in total. The lowest BCUT2D eigenvalue weighted by Crippen LogP contribution is -2.35. The van der Waals surface area contributed by atoms with Crippen LogP contribution >= 0.6 is 11.6 Å². The Morgan fingerprint density at radius 2 is 2.30 bits per heavy atom. The summed E-state index contributed by atoms with van der Waals surface area (Å²) in [6.07, 6.45) is 0.842. The van der Waals surface area contributed by atoms with Crippen LogP contribution in [0.2, 0.25) is 5.02 Å². The van der Waals surface area contributed by atoms with Crippen molar-refractivity contribution in [2.24, 2.45) is 0 Å². The van der Waals surface area contributed by atoms with E-state index in [9.17, 15) is 9.59 Å². The number of hydrogen-bond donors (Lipinski definition) is 1. The predicted octanol–water partition coefficient (Wildman–Crippen LogP) is 2.30. The van der Waals surface area contributed by atoms with Gasteiger partial charge >= 0.3 is 5.97 Å². The van der Waals surface area contributed by atoms with E-state index >= 15 is 0 Å². The Morgan fingerprint density at radius 3 is 3.00 bits per heavy atom. The largest absolute Gasteiger partial charge is 0.483 e. The molecule has 1 aliphatic rings. The van der Waals surface area contributed by atoms with Gasteiger partial charge in [-0.2, -0.15) is 0 Å². The number of carbonyl (C=O) groups is 2. The van der Waals surface area contributed by atoms with Crippen molar-refractivity contribution in [2.75, 3.05) is 6.61 Å². The molecule has 0 bridgehead atoms. The van der Waals surface area contributed by atoms with Crippen LogP contribution in [0, 0.1) is 0 Å². The number of halogens is 1. The maximum absolute atomic E-state index is 11.7. The second kappa shape index (κ2) is 6.13. The van der Waals surface area contributed by atoms with Gasteiger partial charge in [-0.1, -0.05) is 18.5 Å². The third-order valence-electron chi connectivity index (χ3n) is 3.15. The first-order valence-corrected chi connectivity index (χ1v) is 6.81. The van der Waals surface area contributed by atoms with Crippen LogP contribution in [-0.4, -0.2) is 24.5 Å². The van der Waals surface area contributed by atoms with Crippen molar-refractivity contribution in [3.05, 3.63) is 28.3 Å². The average Bonchev–Trinajstić information content (AvgIpc) is 2.81. The van der Waals surface area contributed by atoms with Crippen LogP contribution in [0.3, 0.4) is 0 Å². The molecule has 0 aromatic heterocycles. The number of fused-ring (bicyclic) bond motifs is 1. The highest BCUT2D eigenvalue weighted by Gasteiger charge is 2.28. The van der Waals surface area contributed by atoms with Gasteiger partial charge in [0.2, 0.25) is 0 Å². The maximum atomic E-state index is 11.7. The van der Waals surface area contributed by atoms with Gasteiger partial charge in [-0.25, -0.2) is 4.79 Å². The van der Waals surface area contributed by atoms with Crippen LogP contribution < -0.4 is 10.1 Å². The van der Waals surface area contributed by atoms with Crippen LogP contribution in [0.15, 0.2) is 12.1 Å². The monoisotopic (exact) mass is 297 g/mol. The van der Waals surface area contributed by atoms with E-state index in [1.165, 1.54) is 0 Å². The van der Waals surface area contributed by atoms with Gasteiger partial charge in [0.05, 0.1) is 0 Å². The van der Waals surface area contributed by atoms with E-state index < -0.39 is 5.97 Å². The fourth-order valence-electron chi connectivity index (χ4n) is 1.86. The van der Waals surface area contributed by atoms with Crippen LogP contribution in [0.5, 0.6) is 5.75 Å². The number of cyclic esters (lactones) is 1. The Kier molecular flexibility index (Phi) is 4.49. The van der Waals surface area contributed by atoms with E-state index in [1.54, 1.807) is 12.1 Å². The molecule has 0 unspecified atom stereocenters. The van der Waals surface area contributed by atoms with Gasteiger partial charge in [0, 0.05) is 16.6 Å². The summed E-state index contributed by atoms with van der Waals surface area (Å²) >= 11 is 5.99. The minimum Gasteiger partial charge on any atom is -0.483 e. The quantitative estimate of drug-likeness (QED) is 0.847. The van der Waals surface area contributed by atoms with Crippen molar-refractivity contribution in [1.82, 2.24) is 5.32 Å². The molecule has 20 heavy (non-hydrogen) atoms. The molecule has 0 radical (unpaired) electrons. The average molecular weight is 298 g/mol. The summed E-state index contributed by atoms with van der Waals surface area (Å²) < 4.78 is 10.3. The predicted molar refractivity (Wildman–Crippen MR) is 74.0 cm³/mol. The first-order valence-electron chi connectivity index (χ1n) is 6.43. The SMILES string of the molecule is CC[C@@H](C)NC(=O)COc1ccc(Cl)c2c1C(=O)OC2. The molecule has 1 amide bonds. The lowest BCUT2D eigenvalue weighted by Gasteiger charge is -2.13. The Bertz CT molecular complexity index is 544. The Hall–Kier alpha value is -1.75. The molecule has 1 N–H and O–H groups in total. The minimum absolute atomic E-state index is 0.0898. The van der Waals surface area contributed by atoms with Crippen LogP contribution in [-0.2, 0) is 16.1 Å². The van der Waals surface area contributed by atoms with Crippen molar-refractivity contribution in [3.63, 3.8) is 0 Å². The number of hydrogen-bond acceptors (Lipinski definition) is 4. The van der Waals surface area contributed by atoms with Crippen molar-refractivity contribution in [2.45, 2.75) is 32.9 Å².